The van der Waals surface area contributed by atoms with Gasteiger partial charge in [0.15, 0.2) is 5.17 Å². The Kier molecular flexibility index (Phi) is 6.22. The second kappa shape index (κ2) is 8.80. The van der Waals surface area contributed by atoms with Crippen molar-refractivity contribution in [2.75, 3.05) is 12.3 Å². The van der Waals surface area contributed by atoms with E-state index in [4.69, 9.17) is 0 Å². The van der Waals surface area contributed by atoms with Crippen molar-refractivity contribution >= 4 is 22.8 Å². The number of benzene rings is 2. The van der Waals surface area contributed by atoms with Crippen LogP contribution in [0.3, 0.4) is 0 Å². The first-order valence-electron chi connectivity index (χ1n) is 8.21. The molecule has 1 fully saturated rings. The van der Waals surface area contributed by atoms with E-state index in [1.165, 1.54) is 24.3 Å². The number of hydrogen-bond donors (Lipinski definition) is 0. The summed E-state index contributed by atoms with van der Waals surface area (Å²) in [5.74, 6) is 0.758. The number of alkyl halides is 2. The Morgan fingerprint density at radius 3 is 2.58 bits per heavy atom. The van der Waals surface area contributed by atoms with Gasteiger partial charge in [-0.05, 0) is 36.2 Å². The zero-order chi connectivity index (χ0) is 18.4. The highest BCUT2D eigenvalue weighted by Gasteiger charge is 2.24. The van der Waals surface area contributed by atoms with Crippen molar-refractivity contribution in [3.63, 3.8) is 0 Å². The lowest BCUT2D eigenvalue weighted by atomic mass is 10.2. The minimum Gasteiger partial charge on any atom is -0.435 e. The van der Waals surface area contributed by atoms with E-state index >= 15 is 0 Å². The van der Waals surface area contributed by atoms with E-state index in [1.807, 2.05) is 30.3 Å². The van der Waals surface area contributed by atoms with Gasteiger partial charge in [0.1, 0.15) is 5.75 Å². The van der Waals surface area contributed by atoms with E-state index in [9.17, 15) is 13.6 Å². The highest BCUT2D eigenvalue weighted by molar-refractivity contribution is 8.13. The third-order valence-electron chi connectivity index (χ3n) is 3.80. The van der Waals surface area contributed by atoms with Gasteiger partial charge in [-0.2, -0.15) is 8.78 Å². The number of carbonyl (C=O) groups excluding carboxylic acids is 1. The number of hydrogen-bond acceptors (Lipinski definition) is 4. The molecule has 1 aliphatic rings. The molecule has 7 heteroatoms. The lowest BCUT2D eigenvalue weighted by Crippen LogP contribution is -2.39. The molecule has 4 nitrogen and oxygen atoms in total. The number of amidine groups is 1. The van der Waals surface area contributed by atoms with E-state index in [0.717, 1.165) is 17.7 Å². The molecule has 26 heavy (non-hydrogen) atoms. The van der Waals surface area contributed by atoms with Gasteiger partial charge in [-0.1, -0.05) is 42.1 Å². The molecule has 0 bridgehead atoms. The van der Waals surface area contributed by atoms with Crippen LogP contribution in [0.25, 0.3) is 0 Å². The molecule has 2 aromatic carbocycles. The number of halogens is 2. The van der Waals surface area contributed by atoms with Gasteiger partial charge in [-0.3, -0.25) is 14.7 Å². The quantitative estimate of drug-likeness (QED) is 0.776. The van der Waals surface area contributed by atoms with Gasteiger partial charge in [-0.25, -0.2) is 0 Å². The number of ether oxygens (including phenoxy) is 1. The standard InChI is InChI=1S/C19H18F2N2O2S/c20-18(21)25-16-9-7-15(8-10-16)17(24)23-11-4-12-26-19(23)22-13-14-5-2-1-3-6-14/h1-3,5-10,18H,4,11-13H2. The van der Waals surface area contributed by atoms with E-state index in [2.05, 4.69) is 9.73 Å². The lowest BCUT2D eigenvalue weighted by Gasteiger charge is -2.28. The second-order valence-corrected chi connectivity index (χ2v) is 6.71. The summed E-state index contributed by atoms with van der Waals surface area (Å²) in [6.07, 6.45) is 0.882. The number of amides is 1. The maximum atomic E-state index is 12.8. The number of nitrogens with zero attached hydrogens (tertiary/aromatic N) is 2. The number of aliphatic imine (C=N–C) groups is 1. The summed E-state index contributed by atoms with van der Waals surface area (Å²) in [5.41, 5.74) is 1.49. The van der Waals surface area contributed by atoms with Crippen molar-refractivity contribution in [3.05, 3.63) is 65.7 Å². The molecule has 0 radical (unpaired) electrons. The summed E-state index contributed by atoms with van der Waals surface area (Å²) < 4.78 is 28.8. The smallest absolute Gasteiger partial charge is 0.387 e. The van der Waals surface area contributed by atoms with E-state index in [-0.39, 0.29) is 11.7 Å². The molecule has 0 aromatic heterocycles. The molecule has 1 aliphatic heterocycles. The topological polar surface area (TPSA) is 41.9 Å². The fourth-order valence-corrected chi connectivity index (χ4v) is 3.50. The predicted molar refractivity (Wildman–Crippen MR) is 98.8 cm³/mol. The average Bonchev–Trinajstić information content (AvgIpc) is 2.67. The Labute approximate surface area is 154 Å². The van der Waals surface area contributed by atoms with Crippen molar-refractivity contribution in [1.82, 2.24) is 4.90 Å². The Morgan fingerprint density at radius 2 is 1.88 bits per heavy atom. The molecular formula is C19H18F2N2O2S. The summed E-state index contributed by atoms with van der Waals surface area (Å²) in [4.78, 5) is 19.0. The zero-order valence-corrected chi connectivity index (χ0v) is 14.8. The van der Waals surface area contributed by atoms with Gasteiger partial charge in [0.2, 0.25) is 0 Å². The second-order valence-electron chi connectivity index (χ2n) is 5.65. The molecule has 1 saturated heterocycles. The largest absolute Gasteiger partial charge is 0.435 e. The molecule has 2 aromatic rings. The van der Waals surface area contributed by atoms with Crippen LogP contribution < -0.4 is 4.74 Å². The molecule has 3 rings (SSSR count). The van der Waals surface area contributed by atoms with Crippen molar-refractivity contribution in [1.29, 1.82) is 0 Å². The van der Waals surface area contributed by atoms with Crippen molar-refractivity contribution in [2.45, 2.75) is 19.6 Å². The number of carbonyl (C=O) groups is 1. The summed E-state index contributed by atoms with van der Waals surface area (Å²) in [5, 5.41) is 0.693. The molecule has 0 atom stereocenters. The van der Waals surface area contributed by atoms with Gasteiger partial charge in [0.05, 0.1) is 6.54 Å². The van der Waals surface area contributed by atoms with Gasteiger partial charge < -0.3 is 4.74 Å². The van der Waals surface area contributed by atoms with Crippen molar-refractivity contribution in [2.24, 2.45) is 4.99 Å². The SMILES string of the molecule is O=C(c1ccc(OC(F)F)cc1)N1CCCSC1=NCc1ccccc1. The van der Waals surface area contributed by atoms with Crippen LogP contribution in [-0.2, 0) is 6.54 Å². The van der Waals surface area contributed by atoms with Crippen LogP contribution in [0.4, 0.5) is 8.78 Å². The highest BCUT2D eigenvalue weighted by Crippen LogP contribution is 2.22. The van der Waals surface area contributed by atoms with Crippen LogP contribution in [0.15, 0.2) is 59.6 Å². The van der Waals surface area contributed by atoms with Crippen LogP contribution >= 0.6 is 11.8 Å². The Hall–Kier alpha value is -2.41. The zero-order valence-electron chi connectivity index (χ0n) is 14.0. The first-order chi connectivity index (χ1) is 12.6. The van der Waals surface area contributed by atoms with Crippen LogP contribution in [0, 0.1) is 0 Å². The molecule has 0 N–H and O–H groups in total. The first-order valence-corrected chi connectivity index (χ1v) is 9.20. The molecule has 0 aliphatic carbocycles. The van der Waals surface area contributed by atoms with Crippen molar-refractivity contribution in [3.8, 4) is 5.75 Å². The fourth-order valence-electron chi connectivity index (χ4n) is 2.56. The Balaban J connectivity index is 1.73. The van der Waals surface area contributed by atoms with Crippen LogP contribution in [-0.4, -0.2) is 34.9 Å². The molecular weight excluding hydrogens is 358 g/mol. The summed E-state index contributed by atoms with van der Waals surface area (Å²) in [7, 11) is 0. The van der Waals surface area contributed by atoms with Crippen LogP contribution in [0.5, 0.6) is 5.75 Å². The van der Waals surface area contributed by atoms with Gasteiger partial charge in [0.25, 0.3) is 5.91 Å². The van der Waals surface area contributed by atoms with Gasteiger partial charge >= 0.3 is 6.61 Å². The maximum absolute atomic E-state index is 12.8. The van der Waals surface area contributed by atoms with E-state index < -0.39 is 6.61 Å². The van der Waals surface area contributed by atoms with Crippen molar-refractivity contribution < 1.29 is 18.3 Å². The summed E-state index contributed by atoms with van der Waals surface area (Å²) >= 11 is 1.56. The molecule has 0 spiro atoms. The monoisotopic (exact) mass is 376 g/mol. The first kappa shape index (κ1) is 18.4. The lowest BCUT2D eigenvalue weighted by molar-refractivity contribution is -0.0498. The summed E-state index contributed by atoms with van der Waals surface area (Å²) in [6.45, 7) is -1.78. The third-order valence-corrected chi connectivity index (χ3v) is 4.90. The van der Waals surface area contributed by atoms with Crippen LogP contribution in [0.1, 0.15) is 22.3 Å². The molecule has 0 saturated carbocycles. The normalized spacial score (nSPS) is 16.1. The van der Waals surface area contributed by atoms with E-state index in [0.29, 0.717) is 23.8 Å². The fraction of sp³-hybridized carbons (Fsp3) is 0.263. The Bertz CT molecular complexity index is 767. The minimum atomic E-state index is -2.88. The molecule has 136 valence electrons. The predicted octanol–water partition coefficient (Wildman–Crippen LogP) is 4.42. The van der Waals surface area contributed by atoms with Gasteiger partial charge in [-0.15, -0.1) is 0 Å². The minimum absolute atomic E-state index is 0.0301. The highest BCUT2D eigenvalue weighted by atomic mass is 32.2. The van der Waals surface area contributed by atoms with E-state index in [1.54, 1.807) is 16.7 Å². The van der Waals surface area contributed by atoms with Crippen LogP contribution in [0.2, 0.25) is 0 Å². The molecule has 1 amide bonds. The third kappa shape index (κ3) is 4.82. The number of thioether (sulfide) groups is 1. The molecule has 1 heterocycles. The number of rotatable bonds is 5. The molecule has 0 unspecified atom stereocenters. The Morgan fingerprint density at radius 1 is 1.15 bits per heavy atom. The maximum Gasteiger partial charge on any atom is 0.387 e. The average molecular weight is 376 g/mol. The summed E-state index contributed by atoms with van der Waals surface area (Å²) in [6, 6.07) is 15.6. The van der Waals surface area contributed by atoms with Gasteiger partial charge in [0, 0.05) is 17.9 Å².